The molecule has 4 nitrogen and oxygen atoms in total. The minimum atomic E-state index is -0.616. The average molecular weight is 339 g/mol. The molecule has 2 amide bonds. The summed E-state index contributed by atoms with van der Waals surface area (Å²) in [5.74, 6) is -0.738. The van der Waals surface area contributed by atoms with E-state index in [1.165, 1.54) is 6.42 Å². The van der Waals surface area contributed by atoms with Crippen LogP contribution in [0.2, 0.25) is 0 Å². The van der Waals surface area contributed by atoms with Crippen molar-refractivity contribution in [3.8, 4) is 0 Å². The van der Waals surface area contributed by atoms with Gasteiger partial charge in [0.2, 0.25) is 0 Å². The molecular weight excluding hydrogens is 320 g/mol. The fourth-order valence-electron chi connectivity index (χ4n) is 2.51. The van der Waals surface area contributed by atoms with Crippen LogP contribution >= 0.6 is 15.9 Å². The molecule has 1 aliphatic carbocycles. The van der Waals surface area contributed by atoms with E-state index in [0.29, 0.717) is 11.6 Å². The number of carbonyl (C=O) groups is 2. The number of para-hydroxylation sites is 1. The van der Waals surface area contributed by atoms with Crippen LogP contribution in [0.15, 0.2) is 28.7 Å². The molecule has 20 heavy (non-hydrogen) atoms. The van der Waals surface area contributed by atoms with Gasteiger partial charge in [-0.25, -0.2) is 0 Å². The van der Waals surface area contributed by atoms with Gasteiger partial charge in [0.25, 0.3) is 0 Å². The van der Waals surface area contributed by atoms with Gasteiger partial charge in [0.05, 0.1) is 5.69 Å². The van der Waals surface area contributed by atoms with Crippen LogP contribution in [-0.2, 0) is 9.59 Å². The van der Waals surface area contributed by atoms with Crippen molar-refractivity contribution in [3.63, 3.8) is 0 Å². The topological polar surface area (TPSA) is 58.2 Å². The lowest BCUT2D eigenvalue weighted by Gasteiger charge is -2.29. The Kier molecular flexibility index (Phi) is 5.17. The number of hydrogen-bond donors (Lipinski definition) is 2. The zero-order chi connectivity index (χ0) is 14.5. The highest BCUT2D eigenvalue weighted by Crippen LogP contribution is 2.24. The first-order valence-corrected chi connectivity index (χ1v) is 7.73. The molecule has 108 valence electrons. The second-order valence-electron chi connectivity index (χ2n) is 5.28. The summed E-state index contributed by atoms with van der Waals surface area (Å²) in [5, 5.41) is 5.46. The third-order valence-corrected chi connectivity index (χ3v) is 4.45. The summed E-state index contributed by atoms with van der Waals surface area (Å²) >= 11 is 3.34. The predicted molar refractivity (Wildman–Crippen MR) is 82.3 cm³/mol. The normalized spacial score (nSPS) is 22.1. The smallest absolute Gasteiger partial charge is 0.313 e. The van der Waals surface area contributed by atoms with Crippen LogP contribution in [0.5, 0.6) is 0 Å². The van der Waals surface area contributed by atoms with Crippen LogP contribution < -0.4 is 10.6 Å². The van der Waals surface area contributed by atoms with Gasteiger partial charge in [-0.05, 0) is 46.8 Å². The first-order chi connectivity index (χ1) is 9.58. The number of anilines is 1. The molecule has 1 aromatic carbocycles. The lowest BCUT2D eigenvalue weighted by atomic mass is 9.86. The van der Waals surface area contributed by atoms with Crippen molar-refractivity contribution >= 4 is 33.4 Å². The average Bonchev–Trinajstić information content (AvgIpc) is 2.43. The molecule has 0 radical (unpaired) electrons. The molecule has 1 aliphatic rings. The van der Waals surface area contributed by atoms with Crippen LogP contribution in [-0.4, -0.2) is 17.9 Å². The number of benzene rings is 1. The second-order valence-corrected chi connectivity index (χ2v) is 6.13. The molecule has 0 aliphatic heterocycles. The maximum atomic E-state index is 11.9. The molecule has 0 spiro atoms. The van der Waals surface area contributed by atoms with E-state index in [2.05, 4.69) is 33.5 Å². The first-order valence-electron chi connectivity index (χ1n) is 6.94. The van der Waals surface area contributed by atoms with E-state index in [-0.39, 0.29) is 6.04 Å². The molecule has 0 unspecified atom stereocenters. The molecular formula is C15H19BrN2O2. The standard InChI is InChI=1S/C15H19BrN2O2/c1-10-6-2-4-8-12(10)17-14(19)15(20)18-13-9-5-3-7-11(13)16/h3,5,7,9-10,12H,2,4,6,8H2,1H3,(H,17,19)(H,18,20)/t10-,12-/m1/s1. The maximum Gasteiger partial charge on any atom is 0.313 e. The number of rotatable bonds is 2. The Bertz CT molecular complexity index is 504. The van der Waals surface area contributed by atoms with Gasteiger partial charge in [-0.1, -0.05) is 31.9 Å². The zero-order valence-electron chi connectivity index (χ0n) is 11.5. The van der Waals surface area contributed by atoms with Crippen LogP contribution in [0.25, 0.3) is 0 Å². The molecule has 5 heteroatoms. The van der Waals surface area contributed by atoms with Gasteiger partial charge < -0.3 is 10.6 Å². The van der Waals surface area contributed by atoms with Crippen molar-refractivity contribution in [1.29, 1.82) is 0 Å². The fraction of sp³-hybridized carbons (Fsp3) is 0.467. The SMILES string of the molecule is C[C@@H]1CCCC[C@H]1NC(=O)C(=O)Nc1ccccc1Br. The molecule has 1 saturated carbocycles. The lowest BCUT2D eigenvalue weighted by Crippen LogP contribution is -2.45. The Balaban J connectivity index is 1.92. The highest BCUT2D eigenvalue weighted by atomic mass is 79.9. The maximum absolute atomic E-state index is 11.9. The van der Waals surface area contributed by atoms with E-state index in [1.807, 2.05) is 18.2 Å². The molecule has 2 rings (SSSR count). The number of hydrogen-bond acceptors (Lipinski definition) is 2. The Labute approximate surface area is 127 Å². The number of nitrogens with one attached hydrogen (secondary N) is 2. The Morgan fingerprint density at radius 2 is 1.85 bits per heavy atom. The highest BCUT2D eigenvalue weighted by molar-refractivity contribution is 9.10. The van der Waals surface area contributed by atoms with E-state index in [0.717, 1.165) is 23.7 Å². The monoisotopic (exact) mass is 338 g/mol. The van der Waals surface area contributed by atoms with Crippen molar-refractivity contribution in [3.05, 3.63) is 28.7 Å². The largest absolute Gasteiger partial charge is 0.345 e. The van der Waals surface area contributed by atoms with Crippen molar-refractivity contribution in [1.82, 2.24) is 5.32 Å². The van der Waals surface area contributed by atoms with Crippen LogP contribution in [0, 0.1) is 5.92 Å². The van der Waals surface area contributed by atoms with E-state index in [4.69, 9.17) is 0 Å². The summed E-state index contributed by atoms with van der Waals surface area (Å²) in [6, 6.07) is 7.33. The molecule has 1 aromatic rings. The highest BCUT2D eigenvalue weighted by Gasteiger charge is 2.25. The number of halogens is 1. The third-order valence-electron chi connectivity index (χ3n) is 3.76. The van der Waals surface area contributed by atoms with Crippen LogP contribution in [0.1, 0.15) is 32.6 Å². The molecule has 1 fully saturated rings. The minimum Gasteiger partial charge on any atom is -0.345 e. The fourth-order valence-corrected chi connectivity index (χ4v) is 2.89. The van der Waals surface area contributed by atoms with E-state index >= 15 is 0 Å². The van der Waals surface area contributed by atoms with Gasteiger partial charge in [0.1, 0.15) is 0 Å². The van der Waals surface area contributed by atoms with Crippen molar-refractivity contribution in [2.45, 2.75) is 38.6 Å². The molecule has 0 heterocycles. The second kappa shape index (κ2) is 6.88. The van der Waals surface area contributed by atoms with Crippen molar-refractivity contribution < 1.29 is 9.59 Å². The minimum absolute atomic E-state index is 0.112. The van der Waals surface area contributed by atoms with E-state index in [1.54, 1.807) is 6.07 Å². The van der Waals surface area contributed by atoms with Crippen molar-refractivity contribution in [2.24, 2.45) is 5.92 Å². The van der Waals surface area contributed by atoms with Crippen LogP contribution in [0.4, 0.5) is 5.69 Å². The number of carbonyl (C=O) groups excluding carboxylic acids is 2. The quantitative estimate of drug-likeness (QED) is 0.814. The lowest BCUT2D eigenvalue weighted by molar-refractivity contribution is -0.137. The summed E-state index contributed by atoms with van der Waals surface area (Å²) in [4.78, 5) is 23.8. The van der Waals surface area contributed by atoms with Gasteiger partial charge in [0, 0.05) is 10.5 Å². The Hall–Kier alpha value is -1.36. The molecule has 0 saturated heterocycles. The summed E-state index contributed by atoms with van der Waals surface area (Å²) in [6.45, 7) is 2.12. The third kappa shape index (κ3) is 3.82. The summed E-state index contributed by atoms with van der Waals surface area (Å²) < 4.78 is 0.757. The van der Waals surface area contributed by atoms with Gasteiger partial charge in [-0.3, -0.25) is 9.59 Å². The number of amides is 2. The Morgan fingerprint density at radius 3 is 2.55 bits per heavy atom. The first kappa shape index (κ1) is 15.0. The van der Waals surface area contributed by atoms with Gasteiger partial charge >= 0.3 is 11.8 Å². The molecule has 0 bridgehead atoms. The molecule has 2 atom stereocenters. The summed E-state index contributed by atoms with van der Waals surface area (Å²) in [5.41, 5.74) is 0.601. The Morgan fingerprint density at radius 1 is 1.15 bits per heavy atom. The summed E-state index contributed by atoms with van der Waals surface area (Å²) in [7, 11) is 0. The zero-order valence-corrected chi connectivity index (χ0v) is 13.1. The predicted octanol–water partition coefficient (Wildman–Crippen LogP) is 3.08. The molecule has 0 aromatic heterocycles. The van der Waals surface area contributed by atoms with Gasteiger partial charge in [-0.2, -0.15) is 0 Å². The molecule has 2 N–H and O–H groups in total. The summed E-state index contributed by atoms with van der Waals surface area (Å²) in [6.07, 6.45) is 4.38. The van der Waals surface area contributed by atoms with E-state index < -0.39 is 11.8 Å². The van der Waals surface area contributed by atoms with Gasteiger partial charge in [0.15, 0.2) is 0 Å². The van der Waals surface area contributed by atoms with Crippen LogP contribution in [0.3, 0.4) is 0 Å². The van der Waals surface area contributed by atoms with Gasteiger partial charge in [-0.15, -0.1) is 0 Å². The van der Waals surface area contributed by atoms with E-state index in [9.17, 15) is 9.59 Å². The van der Waals surface area contributed by atoms with Crippen molar-refractivity contribution in [2.75, 3.05) is 5.32 Å².